The molecule has 3 aliphatic rings. The molecule has 3 aliphatic heterocycles. The second kappa shape index (κ2) is 6.22. The van der Waals surface area contributed by atoms with Gasteiger partial charge in [0.25, 0.3) is 0 Å². The van der Waals surface area contributed by atoms with E-state index in [-0.39, 0.29) is 0 Å². The zero-order valence-electron chi connectivity index (χ0n) is 13.6. The van der Waals surface area contributed by atoms with Crippen LogP contribution in [0.1, 0.15) is 25.5 Å². The second-order valence-corrected chi connectivity index (χ2v) is 6.72. The number of hydrogen-bond donors (Lipinski definition) is 1. The molecule has 3 atom stereocenters. The molecule has 1 aromatic rings. The van der Waals surface area contributed by atoms with Crippen molar-refractivity contribution in [3.05, 3.63) is 11.8 Å². The Morgan fingerprint density at radius 1 is 1.26 bits per heavy atom. The van der Waals surface area contributed by atoms with Crippen LogP contribution in [0.25, 0.3) is 0 Å². The highest BCUT2D eigenvalue weighted by atomic mass is 16.5. The summed E-state index contributed by atoms with van der Waals surface area (Å²) in [7, 11) is 0. The lowest BCUT2D eigenvalue weighted by atomic mass is 10.2. The first-order valence-corrected chi connectivity index (χ1v) is 8.56. The van der Waals surface area contributed by atoms with Crippen LogP contribution in [0.3, 0.4) is 0 Å². The average Bonchev–Trinajstić information content (AvgIpc) is 2.93. The number of aromatic nitrogens is 2. The maximum Gasteiger partial charge on any atom is 0.153 e. The standard InChI is InChI=1S/C16H25N5O2/c1-11-10-22-5-4-21(11)15-6-16(19-18-14(15)7-17)20-8-12-2-3-13(9-20)23-12/h6,11-13H,2-5,7-10,17H2,1H3/t11-,12?,13?/m1/s1. The van der Waals surface area contributed by atoms with Crippen molar-refractivity contribution in [1.29, 1.82) is 0 Å². The number of nitrogens with two attached hydrogens (primary N) is 1. The quantitative estimate of drug-likeness (QED) is 0.870. The molecule has 0 spiro atoms. The fourth-order valence-corrected chi connectivity index (χ4v) is 3.83. The van der Waals surface area contributed by atoms with Crippen molar-refractivity contribution in [2.45, 2.75) is 44.6 Å². The lowest BCUT2D eigenvalue weighted by Gasteiger charge is -2.37. The highest BCUT2D eigenvalue weighted by Gasteiger charge is 2.35. The number of hydrogen-bond acceptors (Lipinski definition) is 7. The van der Waals surface area contributed by atoms with Crippen molar-refractivity contribution in [1.82, 2.24) is 10.2 Å². The highest BCUT2D eigenvalue weighted by molar-refractivity contribution is 5.58. The molecule has 3 fully saturated rings. The summed E-state index contributed by atoms with van der Waals surface area (Å²) in [6.45, 7) is 6.75. The topological polar surface area (TPSA) is 76.7 Å². The molecule has 7 heteroatoms. The summed E-state index contributed by atoms with van der Waals surface area (Å²) in [6, 6.07) is 2.48. The van der Waals surface area contributed by atoms with E-state index < -0.39 is 0 Å². The molecular weight excluding hydrogens is 294 g/mol. The van der Waals surface area contributed by atoms with Gasteiger partial charge in [-0.25, -0.2) is 0 Å². The van der Waals surface area contributed by atoms with E-state index in [0.717, 1.165) is 62.9 Å². The van der Waals surface area contributed by atoms with Crippen LogP contribution in [-0.4, -0.2) is 61.3 Å². The Hall–Kier alpha value is -1.44. The van der Waals surface area contributed by atoms with Gasteiger partial charge in [-0.15, -0.1) is 10.2 Å². The lowest BCUT2D eigenvalue weighted by molar-refractivity contribution is 0.0301. The van der Waals surface area contributed by atoms with Gasteiger partial charge in [0.05, 0.1) is 31.1 Å². The summed E-state index contributed by atoms with van der Waals surface area (Å²) in [5.74, 6) is 0.941. The van der Waals surface area contributed by atoms with Crippen molar-refractivity contribution in [3.8, 4) is 0 Å². The Morgan fingerprint density at radius 2 is 2.04 bits per heavy atom. The smallest absolute Gasteiger partial charge is 0.153 e. The molecule has 2 N–H and O–H groups in total. The second-order valence-electron chi connectivity index (χ2n) is 6.72. The van der Waals surface area contributed by atoms with Gasteiger partial charge in [0.1, 0.15) is 5.69 Å². The predicted molar refractivity (Wildman–Crippen MR) is 87.7 cm³/mol. The molecule has 2 unspecified atom stereocenters. The maximum absolute atomic E-state index is 5.92. The molecule has 4 rings (SSSR count). The van der Waals surface area contributed by atoms with Crippen LogP contribution in [0, 0.1) is 0 Å². The fourth-order valence-electron chi connectivity index (χ4n) is 3.83. The van der Waals surface area contributed by atoms with Crippen molar-refractivity contribution in [2.75, 3.05) is 42.6 Å². The van der Waals surface area contributed by atoms with Gasteiger partial charge in [-0.2, -0.15) is 0 Å². The molecular formula is C16H25N5O2. The summed E-state index contributed by atoms with van der Waals surface area (Å²) in [4.78, 5) is 4.66. The van der Waals surface area contributed by atoms with Gasteiger partial charge in [0, 0.05) is 38.3 Å². The summed E-state index contributed by atoms with van der Waals surface area (Å²) in [5.41, 5.74) is 7.86. The first kappa shape index (κ1) is 15.1. The number of anilines is 2. The number of nitrogens with zero attached hydrogens (tertiary/aromatic N) is 4. The fraction of sp³-hybridized carbons (Fsp3) is 0.750. The van der Waals surface area contributed by atoms with Crippen LogP contribution in [0.5, 0.6) is 0 Å². The van der Waals surface area contributed by atoms with Gasteiger partial charge in [0.15, 0.2) is 5.82 Å². The first-order chi connectivity index (χ1) is 11.2. The summed E-state index contributed by atoms with van der Waals surface area (Å²) in [5, 5.41) is 8.85. The SMILES string of the molecule is C[C@@H]1COCCN1c1cc(N2CC3CCC(C2)O3)nnc1CN. The largest absolute Gasteiger partial charge is 0.377 e. The third-order valence-electron chi connectivity index (χ3n) is 5.07. The minimum absolute atomic E-state index is 0.326. The first-order valence-electron chi connectivity index (χ1n) is 8.56. The van der Waals surface area contributed by atoms with E-state index in [4.69, 9.17) is 15.2 Å². The van der Waals surface area contributed by atoms with Crippen LogP contribution in [-0.2, 0) is 16.0 Å². The summed E-state index contributed by atoms with van der Waals surface area (Å²) < 4.78 is 11.5. The van der Waals surface area contributed by atoms with Gasteiger partial charge in [-0.3, -0.25) is 0 Å². The van der Waals surface area contributed by atoms with Crippen molar-refractivity contribution < 1.29 is 9.47 Å². The van der Waals surface area contributed by atoms with Crippen molar-refractivity contribution in [3.63, 3.8) is 0 Å². The van der Waals surface area contributed by atoms with Crippen LogP contribution in [0.15, 0.2) is 6.07 Å². The van der Waals surface area contributed by atoms with Gasteiger partial charge < -0.3 is 25.0 Å². The number of rotatable bonds is 3. The molecule has 23 heavy (non-hydrogen) atoms. The molecule has 0 aromatic carbocycles. The van der Waals surface area contributed by atoms with E-state index in [1.165, 1.54) is 0 Å². The molecule has 0 amide bonds. The van der Waals surface area contributed by atoms with Crippen LogP contribution in [0.2, 0.25) is 0 Å². The molecule has 7 nitrogen and oxygen atoms in total. The van der Waals surface area contributed by atoms with Gasteiger partial charge in [-0.05, 0) is 19.8 Å². The van der Waals surface area contributed by atoms with Crippen molar-refractivity contribution >= 4 is 11.5 Å². The predicted octanol–water partition coefficient (Wildman–Crippen LogP) is 0.528. The monoisotopic (exact) mass is 319 g/mol. The van der Waals surface area contributed by atoms with E-state index in [0.29, 0.717) is 24.8 Å². The zero-order valence-corrected chi connectivity index (χ0v) is 13.6. The van der Waals surface area contributed by atoms with E-state index in [9.17, 15) is 0 Å². The molecule has 0 radical (unpaired) electrons. The van der Waals surface area contributed by atoms with E-state index in [2.05, 4.69) is 33.0 Å². The summed E-state index contributed by atoms with van der Waals surface area (Å²) in [6.07, 6.45) is 3.00. The maximum atomic E-state index is 5.92. The highest BCUT2D eigenvalue weighted by Crippen LogP contribution is 2.31. The molecule has 1 aromatic heterocycles. The van der Waals surface area contributed by atoms with Crippen LogP contribution >= 0.6 is 0 Å². The van der Waals surface area contributed by atoms with E-state index in [1.54, 1.807) is 0 Å². The molecule has 0 aliphatic carbocycles. The lowest BCUT2D eigenvalue weighted by Crippen LogP contribution is -2.45. The van der Waals surface area contributed by atoms with Crippen LogP contribution < -0.4 is 15.5 Å². The third kappa shape index (κ3) is 2.88. The number of fused-ring (bicyclic) bond motifs is 2. The van der Waals surface area contributed by atoms with Crippen LogP contribution in [0.4, 0.5) is 11.5 Å². The third-order valence-corrected chi connectivity index (χ3v) is 5.07. The molecule has 4 heterocycles. The summed E-state index contributed by atoms with van der Waals surface area (Å²) >= 11 is 0. The Kier molecular flexibility index (Phi) is 4.09. The Bertz CT molecular complexity index is 557. The minimum atomic E-state index is 0.326. The van der Waals surface area contributed by atoms with Gasteiger partial charge in [0.2, 0.25) is 0 Å². The Balaban J connectivity index is 1.62. The van der Waals surface area contributed by atoms with Gasteiger partial charge >= 0.3 is 0 Å². The van der Waals surface area contributed by atoms with Gasteiger partial charge in [-0.1, -0.05) is 0 Å². The zero-order chi connectivity index (χ0) is 15.8. The van der Waals surface area contributed by atoms with E-state index >= 15 is 0 Å². The average molecular weight is 319 g/mol. The molecule has 3 saturated heterocycles. The number of ether oxygens (including phenoxy) is 2. The molecule has 126 valence electrons. The Labute approximate surface area is 136 Å². The number of morpholine rings is 2. The normalized spacial score (nSPS) is 30.8. The molecule has 0 saturated carbocycles. The minimum Gasteiger partial charge on any atom is -0.377 e. The Morgan fingerprint density at radius 3 is 2.74 bits per heavy atom. The van der Waals surface area contributed by atoms with Crippen molar-refractivity contribution in [2.24, 2.45) is 5.73 Å². The molecule has 2 bridgehead atoms. The van der Waals surface area contributed by atoms with E-state index in [1.807, 2.05) is 0 Å².